The smallest absolute Gasteiger partial charge is 0.430 e. The van der Waals surface area contributed by atoms with Gasteiger partial charge >= 0.3 is 24.3 Å². The highest BCUT2D eigenvalue weighted by Crippen LogP contribution is 2.51. The second-order valence-corrected chi connectivity index (χ2v) is 5.70. The van der Waals surface area contributed by atoms with Crippen molar-refractivity contribution in [3.05, 3.63) is 23.8 Å². The topological polar surface area (TPSA) is 94.1 Å². The molecule has 0 aromatic heterocycles. The van der Waals surface area contributed by atoms with Crippen molar-refractivity contribution >= 4 is 17.6 Å². The van der Waals surface area contributed by atoms with Crippen LogP contribution in [0.5, 0.6) is 5.75 Å². The van der Waals surface area contributed by atoms with Crippen LogP contribution < -0.4 is 10.1 Å². The van der Waals surface area contributed by atoms with Crippen molar-refractivity contribution in [1.29, 1.82) is 0 Å². The number of hydrogen-bond donors (Lipinski definition) is 2. The van der Waals surface area contributed by atoms with Crippen molar-refractivity contribution in [3.8, 4) is 5.75 Å². The van der Waals surface area contributed by atoms with Crippen LogP contribution in [-0.2, 0) is 24.7 Å². The Bertz CT molecular complexity index is 732. The summed E-state index contributed by atoms with van der Waals surface area (Å²) in [5.74, 6) is -2.80. The molecule has 2 N–H and O–H groups in total. The fourth-order valence-corrected chi connectivity index (χ4v) is 2.34. The van der Waals surface area contributed by atoms with Gasteiger partial charge in [0.25, 0.3) is 5.60 Å². The third kappa shape index (κ3) is 5.07. The summed E-state index contributed by atoms with van der Waals surface area (Å²) in [5.41, 5.74) is -7.07. The molecule has 1 aromatic rings. The van der Waals surface area contributed by atoms with E-state index in [1.165, 1.54) is 13.8 Å². The number of benzene rings is 1. The lowest BCUT2D eigenvalue weighted by atomic mass is 9.91. The molecule has 0 spiro atoms. The zero-order valence-corrected chi connectivity index (χ0v) is 16.0. The van der Waals surface area contributed by atoms with E-state index in [4.69, 9.17) is 14.2 Å². The summed E-state index contributed by atoms with van der Waals surface area (Å²) in [6.45, 7) is 2.67. The third-order valence-electron chi connectivity index (χ3n) is 3.78. The number of anilines is 1. The lowest BCUT2D eigenvalue weighted by molar-refractivity contribution is -0.376. The Kier molecular flexibility index (Phi) is 7.95. The van der Waals surface area contributed by atoms with Crippen molar-refractivity contribution in [2.75, 3.05) is 25.6 Å². The summed E-state index contributed by atoms with van der Waals surface area (Å²) in [6, 6.07) is -0.466. The number of aliphatic hydroxyl groups is 1. The molecule has 0 unspecified atom stereocenters. The second kappa shape index (κ2) is 9.41. The molecule has 0 bridgehead atoms. The van der Waals surface area contributed by atoms with Crippen molar-refractivity contribution < 1.29 is 55.2 Å². The van der Waals surface area contributed by atoms with E-state index in [0.717, 1.165) is 7.11 Å². The quantitative estimate of drug-likeness (QED) is 0.360. The minimum absolute atomic E-state index is 0.114. The van der Waals surface area contributed by atoms with Crippen LogP contribution in [0.2, 0.25) is 0 Å². The number of carbonyl (C=O) groups is 2. The molecular formula is C17H19F6NO6. The summed E-state index contributed by atoms with van der Waals surface area (Å²) in [4.78, 5) is 24.0. The van der Waals surface area contributed by atoms with Crippen molar-refractivity contribution in [1.82, 2.24) is 0 Å². The van der Waals surface area contributed by atoms with Crippen LogP contribution in [0.3, 0.4) is 0 Å². The Morgan fingerprint density at radius 1 is 1.00 bits per heavy atom. The molecular weight excluding hydrogens is 428 g/mol. The first kappa shape index (κ1) is 25.3. The van der Waals surface area contributed by atoms with Crippen molar-refractivity contribution in [2.24, 2.45) is 0 Å². The molecule has 0 amide bonds. The summed E-state index contributed by atoms with van der Waals surface area (Å²) in [6.07, 6.45) is -12.2. The van der Waals surface area contributed by atoms with Gasteiger partial charge in [-0.15, -0.1) is 0 Å². The SMILES string of the molecule is CCOC(=O)C(Nc1ccc(C(O)(C(F)(F)F)C(F)(F)F)cc1OC)C(=O)OCC. The van der Waals surface area contributed by atoms with E-state index < -0.39 is 47.2 Å². The number of carbonyl (C=O) groups excluding carboxylic acids is 2. The molecule has 1 aromatic carbocycles. The van der Waals surface area contributed by atoms with Gasteiger partial charge in [0.2, 0.25) is 6.04 Å². The summed E-state index contributed by atoms with van der Waals surface area (Å²) in [5, 5.41) is 11.8. The second-order valence-electron chi connectivity index (χ2n) is 5.70. The Hall–Kier alpha value is -2.70. The van der Waals surface area contributed by atoms with Gasteiger partial charge in [-0.1, -0.05) is 6.07 Å². The third-order valence-corrected chi connectivity index (χ3v) is 3.78. The molecule has 7 nitrogen and oxygen atoms in total. The van der Waals surface area contributed by atoms with Crippen LogP contribution in [0.25, 0.3) is 0 Å². The minimum atomic E-state index is -6.09. The number of nitrogens with one attached hydrogen (secondary N) is 1. The van der Waals surface area contributed by atoms with Gasteiger partial charge in [0.05, 0.1) is 26.0 Å². The van der Waals surface area contributed by atoms with Gasteiger partial charge in [-0.3, -0.25) is 0 Å². The number of esters is 2. The van der Waals surface area contributed by atoms with Gasteiger partial charge in [0.15, 0.2) is 0 Å². The molecule has 0 aliphatic carbocycles. The van der Waals surface area contributed by atoms with Gasteiger partial charge in [-0.2, -0.15) is 26.3 Å². The lowest BCUT2D eigenvalue weighted by Crippen LogP contribution is -2.53. The first-order valence-corrected chi connectivity index (χ1v) is 8.38. The molecule has 170 valence electrons. The molecule has 0 fully saturated rings. The predicted octanol–water partition coefficient (Wildman–Crippen LogP) is 2.91. The van der Waals surface area contributed by atoms with E-state index >= 15 is 0 Å². The molecule has 0 saturated heterocycles. The Balaban J connectivity index is 3.44. The minimum Gasteiger partial charge on any atom is -0.495 e. The average molecular weight is 447 g/mol. The van der Waals surface area contributed by atoms with Crippen LogP contribution in [-0.4, -0.2) is 55.8 Å². The van der Waals surface area contributed by atoms with Gasteiger partial charge in [-0.05, 0) is 26.0 Å². The highest BCUT2D eigenvalue weighted by Gasteiger charge is 2.71. The summed E-state index contributed by atoms with van der Waals surface area (Å²) < 4.78 is 92.6. The predicted molar refractivity (Wildman–Crippen MR) is 89.7 cm³/mol. The van der Waals surface area contributed by atoms with E-state index in [1.54, 1.807) is 0 Å². The van der Waals surface area contributed by atoms with Crippen molar-refractivity contribution in [2.45, 2.75) is 37.8 Å². The standard InChI is InChI=1S/C17H19F6NO6/c1-4-29-13(25)12(14(26)30-5-2)24-10-7-6-9(8-11(10)28-3)15(27,16(18,19)20)17(21,22)23/h6-8,12,24,27H,4-5H2,1-3H3. The fourth-order valence-electron chi connectivity index (χ4n) is 2.34. The zero-order valence-electron chi connectivity index (χ0n) is 16.0. The molecule has 13 heteroatoms. The maximum atomic E-state index is 13.1. The van der Waals surface area contributed by atoms with E-state index in [1.807, 2.05) is 0 Å². The number of rotatable bonds is 8. The summed E-state index contributed by atoms with van der Waals surface area (Å²) >= 11 is 0. The molecule has 1 rings (SSSR count). The normalized spacial score (nSPS) is 12.5. The molecule has 0 radical (unpaired) electrons. The zero-order chi connectivity index (χ0) is 23.3. The van der Waals surface area contributed by atoms with Gasteiger partial charge in [0.1, 0.15) is 5.75 Å². The van der Waals surface area contributed by atoms with Gasteiger partial charge in [-0.25, -0.2) is 9.59 Å². The van der Waals surface area contributed by atoms with E-state index in [2.05, 4.69) is 5.32 Å². The molecule has 0 aliphatic heterocycles. The number of halogens is 6. The van der Waals surface area contributed by atoms with Crippen molar-refractivity contribution in [3.63, 3.8) is 0 Å². The van der Waals surface area contributed by atoms with Gasteiger partial charge in [0, 0.05) is 5.56 Å². The van der Waals surface area contributed by atoms with Crippen LogP contribution in [0.15, 0.2) is 18.2 Å². The molecule has 0 saturated carbocycles. The molecule has 0 aliphatic rings. The first-order chi connectivity index (χ1) is 13.7. The number of methoxy groups -OCH3 is 1. The maximum absolute atomic E-state index is 13.1. The largest absolute Gasteiger partial charge is 0.495 e. The fraction of sp³-hybridized carbons (Fsp3) is 0.529. The maximum Gasteiger partial charge on any atom is 0.430 e. The summed E-state index contributed by atoms with van der Waals surface area (Å²) in [7, 11) is 0.925. The van der Waals surface area contributed by atoms with E-state index in [-0.39, 0.29) is 25.0 Å². The van der Waals surface area contributed by atoms with Crippen LogP contribution in [0, 0.1) is 0 Å². The molecule has 30 heavy (non-hydrogen) atoms. The van der Waals surface area contributed by atoms with Crippen LogP contribution in [0.4, 0.5) is 32.0 Å². The molecule has 0 heterocycles. The Morgan fingerprint density at radius 2 is 1.47 bits per heavy atom. The average Bonchev–Trinajstić information content (AvgIpc) is 2.63. The molecule has 0 atom stereocenters. The van der Waals surface area contributed by atoms with Crippen LogP contribution >= 0.6 is 0 Å². The van der Waals surface area contributed by atoms with E-state index in [0.29, 0.717) is 12.1 Å². The Labute approximate surface area is 166 Å². The van der Waals surface area contributed by atoms with E-state index in [9.17, 15) is 41.0 Å². The highest BCUT2D eigenvalue weighted by molar-refractivity contribution is 6.02. The number of hydrogen-bond acceptors (Lipinski definition) is 7. The van der Waals surface area contributed by atoms with Gasteiger partial charge < -0.3 is 24.6 Å². The highest BCUT2D eigenvalue weighted by atomic mass is 19.4. The Morgan fingerprint density at radius 3 is 1.83 bits per heavy atom. The number of alkyl halides is 6. The monoisotopic (exact) mass is 447 g/mol. The first-order valence-electron chi connectivity index (χ1n) is 8.38. The lowest BCUT2D eigenvalue weighted by Gasteiger charge is -2.33. The van der Waals surface area contributed by atoms with Crippen LogP contribution in [0.1, 0.15) is 19.4 Å². The number of ether oxygens (including phenoxy) is 3.